The average Bonchev–Trinajstić information content (AvgIpc) is 3.09. The van der Waals surface area contributed by atoms with E-state index in [0.717, 1.165) is 10.8 Å². The van der Waals surface area contributed by atoms with Crippen LogP contribution in [0.1, 0.15) is 17.2 Å². The van der Waals surface area contributed by atoms with Gasteiger partial charge in [0.25, 0.3) is 11.7 Å². The van der Waals surface area contributed by atoms with Crippen LogP contribution in [-0.4, -0.2) is 16.8 Å². The van der Waals surface area contributed by atoms with Gasteiger partial charge in [0.2, 0.25) is 0 Å². The van der Waals surface area contributed by atoms with Gasteiger partial charge in [0.05, 0.1) is 11.6 Å². The molecule has 4 aromatic carbocycles. The number of Topliss-reactive ketones (excluding diaryl/α,β-unsaturated/α-hetero) is 1. The van der Waals surface area contributed by atoms with Gasteiger partial charge in [0.1, 0.15) is 11.6 Å². The third kappa shape index (κ3) is 3.24. The van der Waals surface area contributed by atoms with Crippen LogP contribution in [0.2, 0.25) is 0 Å². The SMILES string of the molecule is O=C1C(=O)N(c2cccc(F)c2)C(c2ccccc2)/C1=C(/O)c1ccc2ccccc2c1. The van der Waals surface area contributed by atoms with Crippen molar-refractivity contribution in [2.75, 3.05) is 4.90 Å². The van der Waals surface area contributed by atoms with Gasteiger partial charge in [0.15, 0.2) is 0 Å². The molecule has 1 unspecified atom stereocenters. The fourth-order valence-electron chi connectivity index (χ4n) is 4.17. The third-order valence-corrected chi connectivity index (χ3v) is 5.67. The zero-order valence-corrected chi connectivity index (χ0v) is 16.9. The number of hydrogen-bond acceptors (Lipinski definition) is 3. The summed E-state index contributed by atoms with van der Waals surface area (Å²) in [5.41, 5.74) is 1.29. The number of carbonyl (C=O) groups excluding carboxylic acids is 2. The maximum Gasteiger partial charge on any atom is 0.300 e. The molecule has 1 heterocycles. The number of fused-ring (bicyclic) bond motifs is 1. The first-order valence-electron chi connectivity index (χ1n) is 10.2. The van der Waals surface area contributed by atoms with Crippen molar-refractivity contribution < 1.29 is 19.1 Å². The molecule has 1 atom stereocenters. The monoisotopic (exact) mass is 423 g/mol. The molecule has 5 rings (SSSR count). The van der Waals surface area contributed by atoms with E-state index in [0.29, 0.717) is 11.1 Å². The second-order valence-corrected chi connectivity index (χ2v) is 7.62. The predicted molar refractivity (Wildman–Crippen MR) is 122 cm³/mol. The molecule has 1 saturated heterocycles. The summed E-state index contributed by atoms with van der Waals surface area (Å²) in [6.45, 7) is 0. The van der Waals surface area contributed by atoms with Gasteiger partial charge in [0, 0.05) is 11.3 Å². The molecule has 0 aromatic heterocycles. The van der Waals surface area contributed by atoms with E-state index in [9.17, 15) is 19.1 Å². The normalized spacial score (nSPS) is 17.8. The number of rotatable bonds is 3. The Hall–Kier alpha value is -4.25. The zero-order chi connectivity index (χ0) is 22.2. The molecule has 1 aliphatic heterocycles. The van der Waals surface area contributed by atoms with Crippen LogP contribution in [0.3, 0.4) is 0 Å². The topological polar surface area (TPSA) is 57.6 Å². The van der Waals surface area contributed by atoms with Crippen molar-refractivity contribution in [2.24, 2.45) is 0 Å². The van der Waals surface area contributed by atoms with Gasteiger partial charge in [-0.05, 0) is 40.6 Å². The molecule has 0 saturated carbocycles. The standard InChI is InChI=1S/C27H18FNO3/c28-21-11-6-12-22(16-21)29-24(18-8-2-1-3-9-18)23(26(31)27(29)32)25(30)20-14-13-17-7-4-5-10-19(17)15-20/h1-16,24,30H/b25-23-. The molecule has 4 aromatic rings. The van der Waals surface area contributed by atoms with Crippen LogP contribution in [-0.2, 0) is 9.59 Å². The van der Waals surface area contributed by atoms with Gasteiger partial charge in [-0.3, -0.25) is 14.5 Å². The van der Waals surface area contributed by atoms with E-state index < -0.39 is 23.5 Å². The molecule has 1 N–H and O–H groups in total. The zero-order valence-electron chi connectivity index (χ0n) is 16.9. The Labute approximate surface area is 183 Å². The summed E-state index contributed by atoms with van der Waals surface area (Å²) in [5, 5.41) is 13.1. The molecule has 0 aliphatic carbocycles. The Balaban J connectivity index is 1.73. The highest BCUT2D eigenvalue weighted by molar-refractivity contribution is 6.51. The molecule has 4 nitrogen and oxygen atoms in total. The molecular formula is C27H18FNO3. The molecule has 0 spiro atoms. The quantitative estimate of drug-likeness (QED) is 0.265. The van der Waals surface area contributed by atoms with Crippen LogP contribution < -0.4 is 4.90 Å². The first kappa shape index (κ1) is 19.7. The number of aliphatic hydroxyl groups is 1. The summed E-state index contributed by atoms with van der Waals surface area (Å²) in [5.74, 6) is -2.41. The average molecular weight is 423 g/mol. The largest absolute Gasteiger partial charge is 0.507 e. The van der Waals surface area contributed by atoms with Crippen LogP contribution in [0.5, 0.6) is 0 Å². The third-order valence-electron chi connectivity index (χ3n) is 5.67. The van der Waals surface area contributed by atoms with Gasteiger partial charge in [-0.25, -0.2) is 4.39 Å². The second-order valence-electron chi connectivity index (χ2n) is 7.62. The number of carbonyl (C=O) groups is 2. The van der Waals surface area contributed by atoms with Crippen LogP contribution in [0.25, 0.3) is 16.5 Å². The van der Waals surface area contributed by atoms with Crippen molar-refractivity contribution in [3.63, 3.8) is 0 Å². The Kier molecular flexibility index (Phi) is 4.79. The highest BCUT2D eigenvalue weighted by Gasteiger charge is 2.47. The van der Waals surface area contributed by atoms with E-state index in [1.165, 1.54) is 23.1 Å². The number of amides is 1. The number of halogens is 1. The van der Waals surface area contributed by atoms with Gasteiger partial charge in [-0.1, -0.05) is 72.8 Å². The van der Waals surface area contributed by atoms with E-state index in [1.54, 1.807) is 42.5 Å². The highest BCUT2D eigenvalue weighted by Crippen LogP contribution is 2.42. The maximum atomic E-state index is 14.0. The molecule has 5 heteroatoms. The molecule has 0 bridgehead atoms. The number of nitrogens with zero attached hydrogens (tertiary/aromatic N) is 1. The van der Waals surface area contributed by atoms with Crippen molar-refractivity contribution >= 4 is 33.9 Å². The lowest BCUT2D eigenvalue weighted by atomic mass is 9.94. The Morgan fingerprint density at radius 2 is 1.50 bits per heavy atom. The van der Waals surface area contributed by atoms with E-state index >= 15 is 0 Å². The number of benzene rings is 4. The minimum absolute atomic E-state index is 0.0271. The molecule has 1 amide bonds. The summed E-state index contributed by atoms with van der Waals surface area (Å²) < 4.78 is 14.0. The minimum Gasteiger partial charge on any atom is -0.507 e. The van der Waals surface area contributed by atoms with Crippen molar-refractivity contribution in [1.29, 1.82) is 0 Å². The van der Waals surface area contributed by atoms with E-state index in [-0.39, 0.29) is 17.0 Å². The first-order valence-corrected chi connectivity index (χ1v) is 10.2. The maximum absolute atomic E-state index is 14.0. The first-order chi connectivity index (χ1) is 15.5. The molecule has 156 valence electrons. The molecule has 0 radical (unpaired) electrons. The summed E-state index contributed by atoms with van der Waals surface area (Å²) in [6.07, 6.45) is 0. The van der Waals surface area contributed by atoms with Crippen LogP contribution in [0, 0.1) is 5.82 Å². The van der Waals surface area contributed by atoms with E-state index in [4.69, 9.17) is 0 Å². The van der Waals surface area contributed by atoms with E-state index in [2.05, 4.69) is 0 Å². The fraction of sp³-hybridized carbons (Fsp3) is 0.0370. The van der Waals surface area contributed by atoms with Crippen molar-refractivity contribution in [3.8, 4) is 0 Å². The smallest absolute Gasteiger partial charge is 0.300 e. The summed E-state index contributed by atoms with van der Waals surface area (Å²) in [6, 6.07) is 26.6. The molecular weight excluding hydrogens is 405 g/mol. The highest BCUT2D eigenvalue weighted by atomic mass is 19.1. The lowest BCUT2D eigenvalue weighted by Gasteiger charge is -2.25. The van der Waals surface area contributed by atoms with Crippen LogP contribution >= 0.6 is 0 Å². The lowest BCUT2D eigenvalue weighted by molar-refractivity contribution is -0.132. The minimum atomic E-state index is -0.885. The van der Waals surface area contributed by atoms with Crippen LogP contribution in [0.4, 0.5) is 10.1 Å². The number of aliphatic hydroxyl groups excluding tert-OH is 1. The molecule has 1 aliphatic rings. The second kappa shape index (κ2) is 7.78. The summed E-state index contributed by atoms with van der Waals surface area (Å²) in [4.78, 5) is 27.4. The van der Waals surface area contributed by atoms with Crippen molar-refractivity contribution in [2.45, 2.75) is 6.04 Å². The number of ketones is 1. The summed E-state index contributed by atoms with van der Waals surface area (Å²) in [7, 11) is 0. The predicted octanol–water partition coefficient (Wildman–Crippen LogP) is 5.61. The van der Waals surface area contributed by atoms with Gasteiger partial charge in [-0.2, -0.15) is 0 Å². The number of anilines is 1. The van der Waals surface area contributed by atoms with Gasteiger partial charge < -0.3 is 5.11 Å². The number of hydrogen-bond donors (Lipinski definition) is 1. The van der Waals surface area contributed by atoms with Crippen molar-refractivity contribution in [1.82, 2.24) is 0 Å². The Morgan fingerprint density at radius 1 is 0.781 bits per heavy atom. The van der Waals surface area contributed by atoms with Gasteiger partial charge >= 0.3 is 0 Å². The van der Waals surface area contributed by atoms with Crippen LogP contribution in [0.15, 0.2) is 103 Å². The molecule has 1 fully saturated rings. The Bertz CT molecular complexity index is 1390. The Morgan fingerprint density at radius 3 is 2.25 bits per heavy atom. The van der Waals surface area contributed by atoms with Crippen molar-refractivity contribution in [3.05, 3.63) is 120 Å². The van der Waals surface area contributed by atoms with E-state index in [1.807, 2.05) is 36.4 Å². The lowest BCUT2D eigenvalue weighted by Crippen LogP contribution is -2.29. The fourth-order valence-corrected chi connectivity index (χ4v) is 4.17. The molecule has 32 heavy (non-hydrogen) atoms. The summed E-state index contributed by atoms with van der Waals surface area (Å²) >= 11 is 0. The van der Waals surface area contributed by atoms with Gasteiger partial charge in [-0.15, -0.1) is 0 Å².